The third-order valence-corrected chi connectivity index (χ3v) is 3.38. The monoisotopic (exact) mass is 328 g/mol. The molecule has 0 aliphatic carbocycles. The van der Waals surface area contributed by atoms with Crippen molar-refractivity contribution in [3.63, 3.8) is 0 Å². The molecule has 0 unspecified atom stereocenters. The van der Waals surface area contributed by atoms with Gasteiger partial charge in [-0.05, 0) is 42.0 Å². The maximum absolute atomic E-state index is 10.6. The van der Waals surface area contributed by atoms with Gasteiger partial charge in [-0.15, -0.1) is 0 Å². The molecule has 23 heavy (non-hydrogen) atoms. The Kier molecular flexibility index (Phi) is 4.68. The molecule has 0 bridgehead atoms. The molecule has 0 saturated heterocycles. The minimum atomic E-state index is 0.170. The van der Waals surface area contributed by atoms with Crippen LogP contribution in [0.5, 0.6) is 5.75 Å². The van der Waals surface area contributed by atoms with Crippen LogP contribution in [0.2, 0.25) is 5.02 Å². The second-order valence-corrected chi connectivity index (χ2v) is 5.32. The van der Waals surface area contributed by atoms with E-state index in [0.717, 1.165) is 11.8 Å². The van der Waals surface area contributed by atoms with Crippen molar-refractivity contribution >= 4 is 17.9 Å². The van der Waals surface area contributed by atoms with Gasteiger partial charge in [0.15, 0.2) is 12.4 Å². The average molecular weight is 329 g/mol. The fourth-order valence-corrected chi connectivity index (χ4v) is 2.25. The Morgan fingerprint density at radius 3 is 2.74 bits per heavy atom. The van der Waals surface area contributed by atoms with E-state index in [9.17, 15) is 4.79 Å². The summed E-state index contributed by atoms with van der Waals surface area (Å²) < 4.78 is 10.7. The van der Waals surface area contributed by atoms with Crippen molar-refractivity contribution in [1.29, 1.82) is 0 Å². The van der Waals surface area contributed by atoms with E-state index >= 15 is 0 Å². The van der Waals surface area contributed by atoms with Crippen LogP contribution in [-0.2, 0) is 13.0 Å². The fraction of sp³-hybridized carbons (Fsp3) is 0.118. The molecule has 0 spiro atoms. The SMILES string of the molecule is O=Cc1ccc(OCc2nc(Cc3cccc(Cl)c3)no2)cc1. The Labute approximate surface area is 137 Å². The zero-order valence-corrected chi connectivity index (χ0v) is 12.9. The molecule has 6 heteroatoms. The fourth-order valence-electron chi connectivity index (χ4n) is 2.04. The molecular weight excluding hydrogens is 316 g/mol. The first-order valence-electron chi connectivity index (χ1n) is 6.97. The van der Waals surface area contributed by atoms with Crippen LogP contribution in [0, 0.1) is 0 Å². The molecule has 1 aromatic heterocycles. The van der Waals surface area contributed by atoms with Gasteiger partial charge in [-0.1, -0.05) is 28.9 Å². The number of aldehydes is 1. The van der Waals surface area contributed by atoms with Crippen molar-refractivity contribution in [3.8, 4) is 5.75 Å². The lowest BCUT2D eigenvalue weighted by Gasteiger charge is -2.02. The summed E-state index contributed by atoms with van der Waals surface area (Å²) in [6.45, 7) is 0.170. The lowest BCUT2D eigenvalue weighted by Crippen LogP contribution is -1.97. The van der Waals surface area contributed by atoms with Crippen molar-refractivity contribution in [2.45, 2.75) is 13.0 Å². The quantitative estimate of drug-likeness (QED) is 0.645. The summed E-state index contributed by atoms with van der Waals surface area (Å²) in [6.07, 6.45) is 1.32. The normalized spacial score (nSPS) is 10.5. The standard InChI is InChI=1S/C17H13ClN2O3/c18-14-3-1-2-13(8-14)9-16-19-17(23-20-16)11-22-15-6-4-12(10-21)5-7-15/h1-8,10H,9,11H2. The van der Waals surface area contributed by atoms with Crippen LogP contribution < -0.4 is 4.74 Å². The second-order valence-electron chi connectivity index (χ2n) is 4.89. The maximum Gasteiger partial charge on any atom is 0.264 e. The predicted molar refractivity (Wildman–Crippen MR) is 84.7 cm³/mol. The van der Waals surface area contributed by atoms with E-state index in [1.807, 2.05) is 24.3 Å². The summed E-state index contributed by atoms with van der Waals surface area (Å²) in [5, 5.41) is 4.60. The van der Waals surface area contributed by atoms with Crippen molar-refractivity contribution in [1.82, 2.24) is 10.1 Å². The first-order valence-corrected chi connectivity index (χ1v) is 7.35. The van der Waals surface area contributed by atoms with Gasteiger partial charge in [-0.3, -0.25) is 4.79 Å². The van der Waals surface area contributed by atoms with Crippen LogP contribution in [0.25, 0.3) is 0 Å². The van der Waals surface area contributed by atoms with Gasteiger partial charge in [-0.2, -0.15) is 4.98 Å². The molecule has 3 aromatic rings. The number of aromatic nitrogens is 2. The number of halogens is 1. The number of carbonyl (C=O) groups is 1. The molecule has 0 amide bonds. The molecule has 1 heterocycles. The van der Waals surface area contributed by atoms with Crippen LogP contribution in [0.1, 0.15) is 27.6 Å². The van der Waals surface area contributed by atoms with E-state index < -0.39 is 0 Å². The van der Waals surface area contributed by atoms with E-state index in [1.165, 1.54) is 0 Å². The lowest BCUT2D eigenvalue weighted by molar-refractivity contribution is 0.112. The molecule has 0 atom stereocenters. The Hall–Kier alpha value is -2.66. The van der Waals surface area contributed by atoms with E-state index in [4.69, 9.17) is 20.9 Å². The summed E-state index contributed by atoms with van der Waals surface area (Å²) in [6, 6.07) is 14.3. The first kappa shape index (κ1) is 15.2. The van der Waals surface area contributed by atoms with Gasteiger partial charge in [0.1, 0.15) is 12.0 Å². The van der Waals surface area contributed by atoms with Crippen molar-refractivity contribution < 1.29 is 14.1 Å². The number of carbonyl (C=O) groups excluding carboxylic acids is 1. The number of rotatable bonds is 6. The molecular formula is C17H13ClN2O3. The van der Waals surface area contributed by atoms with E-state index in [0.29, 0.717) is 34.5 Å². The molecule has 0 fully saturated rings. The molecule has 0 saturated carbocycles. The van der Waals surface area contributed by atoms with Crippen molar-refractivity contribution in [3.05, 3.63) is 76.4 Å². The number of nitrogens with zero attached hydrogens (tertiary/aromatic N) is 2. The Bertz CT molecular complexity index is 800. The average Bonchev–Trinajstić information content (AvgIpc) is 3.01. The van der Waals surface area contributed by atoms with Gasteiger partial charge in [0.2, 0.25) is 0 Å². The largest absolute Gasteiger partial charge is 0.484 e. The summed E-state index contributed by atoms with van der Waals surface area (Å²) in [5.74, 6) is 1.59. The first-order chi connectivity index (χ1) is 11.2. The summed E-state index contributed by atoms with van der Waals surface area (Å²) >= 11 is 5.95. The maximum atomic E-state index is 10.6. The highest BCUT2D eigenvalue weighted by Crippen LogP contribution is 2.15. The lowest BCUT2D eigenvalue weighted by atomic mass is 10.1. The van der Waals surface area contributed by atoms with Gasteiger partial charge in [0.25, 0.3) is 5.89 Å². The molecule has 0 radical (unpaired) electrons. The van der Waals surface area contributed by atoms with Gasteiger partial charge in [0, 0.05) is 17.0 Å². The van der Waals surface area contributed by atoms with Crippen LogP contribution in [-0.4, -0.2) is 16.4 Å². The smallest absolute Gasteiger partial charge is 0.264 e. The number of hydrogen-bond acceptors (Lipinski definition) is 5. The molecule has 5 nitrogen and oxygen atoms in total. The highest BCUT2D eigenvalue weighted by atomic mass is 35.5. The summed E-state index contributed by atoms with van der Waals surface area (Å²) in [4.78, 5) is 14.9. The molecule has 0 aliphatic heterocycles. The Morgan fingerprint density at radius 2 is 2.00 bits per heavy atom. The zero-order chi connectivity index (χ0) is 16.1. The van der Waals surface area contributed by atoms with Crippen LogP contribution in [0.3, 0.4) is 0 Å². The van der Waals surface area contributed by atoms with Gasteiger partial charge < -0.3 is 9.26 Å². The van der Waals surface area contributed by atoms with Crippen LogP contribution in [0.4, 0.5) is 0 Å². The van der Waals surface area contributed by atoms with Gasteiger partial charge in [0.05, 0.1) is 0 Å². The van der Waals surface area contributed by atoms with Crippen LogP contribution >= 0.6 is 11.6 Å². The number of benzene rings is 2. The summed E-state index contributed by atoms with van der Waals surface area (Å²) in [5.41, 5.74) is 1.61. The van der Waals surface area contributed by atoms with E-state index in [1.54, 1.807) is 24.3 Å². The van der Waals surface area contributed by atoms with E-state index in [-0.39, 0.29) is 6.61 Å². The second kappa shape index (κ2) is 7.07. The highest BCUT2D eigenvalue weighted by molar-refractivity contribution is 6.30. The Morgan fingerprint density at radius 1 is 1.17 bits per heavy atom. The molecule has 116 valence electrons. The Balaban J connectivity index is 1.59. The number of ether oxygens (including phenoxy) is 1. The minimum absolute atomic E-state index is 0.170. The molecule has 3 rings (SSSR count). The molecule has 2 aromatic carbocycles. The molecule has 0 N–H and O–H groups in total. The van der Waals surface area contributed by atoms with Crippen molar-refractivity contribution in [2.24, 2.45) is 0 Å². The summed E-state index contributed by atoms with van der Waals surface area (Å²) in [7, 11) is 0. The molecule has 0 aliphatic rings. The minimum Gasteiger partial charge on any atom is -0.484 e. The third-order valence-electron chi connectivity index (χ3n) is 3.14. The van der Waals surface area contributed by atoms with Crippen molar-refractivity contribution in [2.75, 3.05) is 0 Å². The van der Waals surface area contributed by atoms with E-state index in [2.05, 4.69) is 10.1 Å². The topological polar surface area (TPSA) is 65.2 Å². The predicted octanol–water partition coefficient (Wildman–Crippen LogP) is 3.71. The third kappa shape index (κ3) is 4.17. The zero-order valence-electron chi connectivity index (χ0n) is 12.1. The highest BCUT2D eigenvalue weighted by Gasteiger charge is 2.08. The van der Waals surface area contributed by atoms with Gasteiger partial charge >= 0.3 is 0 Å². The van der Waals surface area contributed by atoms with Gasteiger partial charge in [-0.25, -0.2) is 0 Å². The number of hydrogen-bond donors (Lipinski definition) is 0. The van der Waals surface area contributed by atoms with Crippen LogP contribution in [0.15, 0.2) is 53.1 Å².